The molecule has 6 heteroatoms. The molecule has 0 aromatic heterocycles. The highest BCUT2D eigenvalue weighted by Gasteiger charge is 2.24. The molecular formula is C26H44N2O4. The second kappa shape index (κ2) is 16.5. The van der Waals surface area contributed by atoms with Gasteiger partial charge < -0.3 is 9.64 Å². The maximum atomic E-state index is 13.2. The molecule has 0 aliphatic heterocycles. The summed E-state index contributed by atoms with van der Waals surface area (Å²) in [4.78, 5) is 25.9. The summed E-state index contributed by atoms with van der Waals surface area (Å²) < 4.78 is 5.63. The number of nitro benzene ring substituents is 1. The van der Waals surface area contributed by atoms with E-state index in [4.69, 9.17) is 4.74 Å². The van der Waals surface area contributed by atoms with Crippen LogP contribution >= 0.6 is 0 Å². The van der Waals surface area contributed by atoms with Crippen LogP contribution in [0.1, 0.15) is 97.5 Å². The average molecular weight is 449 g/mol. The third-order valence-electron chi connectivity index (χ3n) is 6.08. The zero-order valence-electron chi connectivity index (χ0n) is 20.7. The minimum absolute atomic E-state index is 0.00883. The number of nitro groups is 1. The first-order valence-corrected chi connectivity index (χ1v) is 12.6. The van der Waals surface area contributed by atoms with Crippen molar-refractivity contribution in [1.82, 2.24) is 4.90 Å². The Morgan fingerprint density at radius 3 is 1.91 bits per heavy atom. The van der Waals surface area contributed by atoms with E-state index in [2.05, 4.69) is 27.7 Å². The monoisotopic (exact) mass is 448 g/mol. The molecule has 0 saturated heterocycles. The van der Waals surface area contributed by atoms with Gasteiger partial charge in [-0.15, -0.1) is 0 Å². The minimum atomic E-state index is -0.426. The fourth-order valence-electron chi connectivity index (χ4n) is 4.34. The van der Waals surface area contributed by atoms with Crippen molar-refractivity contribution >= 4 is 11.8 Å². The van der Waals surface area contributed by atoms with Crippen LogP contribution in [0.2, 0.25) is 0 Å². The Labute approximate surface area is 194 Å². The third kappa shape index (κ3) is 10.5. The van der Waals surface area contributed by atoms with Crippen LogP contribution < -0.4 is 0 Å². The van der Waals surface area contributed by atoms with Gasteiger partial charge in [-0.05, 0) is 43.6 Å². The topological polar surface area (TPSA) is 72.7 Å². The number of hydrogen-bond donors (Lipinski definition) is 0. The summed E-state index contributed by atoms with van der Waals surface area (Å²) in [7, 11) is 0. The fourth-order valence-corrected chi connectivity index (χ4v) is 4.34. The van der Waals surface area contributed by atoms with E-state index in [1.165, 1.54) is 6.07 Å². The van der Waals surface area contributed by atoms with Gasteiger partial charge in [-0.25, -0.2) is 4.79 Å². The first-order chi connectivity index (χ1) is 15.5. The van der Waals surface area contributed by atoms with Crippen molar-refractivity contribution in [3.63, 3.8) is 0 Å². The number of para-hydroxylation sites is 1. The zero-order chi connectivity index (χ0) is 23.8. The van der Waals surface area contributed by atoms with Gasteiger partial charge in [0.1, 0.15) is 6.61 Å². The average Bonchev–Trinajstić information content (AvgIpc) is 2.79. The van der Waals surface area contributed by atoms with E-state index in [0.29, 0.717) is 30.5 Å². The quantitative estimate of drug-likeness (QED) is 0.180. The van der Waals surface area contributed by atoms with Crippen LogP contribution in [0, 0.1) is 22.0 Å². The summed E-state index contributed by atoms with van der Waals surface area (Å²) in [6.45, 7) is 10.1. The Bertz CT molecular complexity index is 645. The van der Waals surface area contributed by atoms with Crippen LogP contribution in [0.5, 0.6) is 0 Å². The molecule has 32 heavy (non-hydrogen) atoms. The molecule has 2 atom stereocenters. The first-order valence-electron chi connectivity index (χ1n) is 12.6. The van der Waals surface area contributed by atoms with E-state index in [1.807, 2.05) is 4.90 Å². The van der Waals surface area contributed by atoms with Crippen molar-refractivity contribution in [2.45, 2.75) is 98.5 Å². The molecule has 0 bridgehead atoms. The van der Waals surface area contributed by atoms with Gasteiger partial charge in [0.2, 0.25) is 0 Å². The molecule has 0 heterocycles. The number of hydrogen-bond acceptors (Lipinski definition) is 4. The van der Waals surface area contributed by atoms with E-state index in [1.54, 1.807) is 18.2 Å². The van der Waals surface area contributed by atoms with Crippen molar-refractivity contribution in [3.05, 3.63) is 39.9 Å². The molecular weight excluding hydrogens is 404 g/mol. The van der Waals surface area contributed by atoms with Crippen LogP contribution in [-0.2, 0) is 11.3 Å². The lowest BCUT2D eigenvalue weighted by Gasteiger charge is -2.30. The highest BCUT2D eigenvalue weighted by Crippen LogP contribution is 2.23. The molecule has 2 unspecified atom stereocenters. The van der Waals surface area contributed by atoms with Gasteiger partial charge in [0, 0.05) is 19.2 Å². The number of ether oxygens (including phenoxy) is 1. The van der Waals surface area contributed by atoms with Gasteiger partial charge >= 0.3 is 6.09 Å². The number of amides is 1. The number of benzene rings is 1. The molecule has 0 fully saturated rings. The van der Waals surface area contributed by atoms with Gasteiger partial charge in [-0.1, -0.05) is 78.4 Å². The van der Waals surface area contributed by atoms with Crippen molar-refractivity contribution in [3.8, 4) is 0 Å². The SMILES string of the molecule is CCCCC(CCC)CN(CC(CCC)CCCC)C(=O)OCc1ccccc1[N+](=O)[O-]. The van der Waals surface area contributed by atoms with Crippen LogP contribution in [0.25, 0.3) is 0 Å². The number of rotatable bonds is 17. The molecule has 1 amide bonds. The summed E-state index contributed by atoms with van der Waals surface area (Å²) in [6, 6.07) is 6.46. The standard InChI is InChI=1S/C26H44N2O4/c1-5-9-15-22(13-7-3)19-27(20-23(14-8-4)16-10-6-2)26(29)32-21-24-17-11-12-18-25(24)28(30)31/h11-12,17-18,22-23H,5-10,13-16,19-21H2,1-4H3. The Morgan fingerprint density at radius 2 is 1.44 bits per heavy atom. The van der Waals surface area contributed by atoms with Crippen molar-refractivity contribution in [2.24, 2.45) is 11.8 Å². The van der Waals surface area contributed by atoms with Crippen molar-refractivity contribution in [2.75, 3.05) is 13.1 Å². The Morgan fingerprint density at radius 1 is 0.906 bits per heavy atom. The normalized spacial score (nSPS) is 12.9. The molecule has 0 radical (unpaired) electrons. The van der Waals surface area contributed by atoms with E-state index >= 15 is 0 Å². The van der Waals surface area contributed by atoms with Crippen molar-refractivity contribution in [1.29, 1.82) is 0 Å². The van der Waals surface area contributed by atoms with Gasteiger partial charge in [0.15, 0.2) is 0 Å². The first kappa shape index (κ1) is 27.9. The van der Waals surface area contributed by atoms with Crippen LogP contribution in [0.3, 0.4) is 0 Å². The number of nitrogens with zero attached hydrogens (tertiary/aromatic N) is 2. The molecule has 0 saturated carbocycles. The summed E-state index contributed by atoms with van der Waals surface area (Å²) in [6.07, 6.45) is 10.9. The lowest BCUT2D eigenvalue weighted by molar-refractivity contribution is -0.385. The van der Waals surface area contributed by atoms with Crippen molar-refractivity contribution < 1.29 is 14.5 Å². The predicted octanol–water partition coefficient (Wildman–Crippen LogP) is 7.75. The Balaban J connectivity index is 2.95. The molecule has 0 spiro atoms. The smallest absolute Gasteiger partial charge is 0.410 e. The van der Waals surface area contributed by atoms with Crippen LogP contribution in [0.15, 0.2) is 24.3 Å². The van der Waals surface area contributed by atoms with E-state index < -0.39 is 4.92 Å². The lowest BCUT2D eigenvalue weighted by Crippen LogP contribution is -2.39. The second-order valence-corrected chi connectivity index (χ2v) is 8.94. The fraction of sp³-hybridized carbons (Fsp3) is 0.731. The minimum Gasteiger partial charge on any atom is -0.444 e. The summed E-state index contributed by atoms with van der Waals surface area (Å²) >= 11 is 0. The van der Waals surface area contributed by atoms with Gasteiger partial charge in [0.25, 0.3) is 5.69 Å². The van der Waals surface area contributed by atoms with E-state index in [0.717, 1.165) is 64.2 Å². The number of carbonyl (C=O) groups is 1. The highest BCUT2D eigenvalue weighted by molar-refractivity contribution is 5.67. The van der Waals surface area contributed by atoms with Crippen LogP contribution in [0.4, 0.5) is 10.5 Å². The third-order valence-corrected chi connectivity index (χ3v) is 6.08. The largest absolute Gasteiger partial charge is 0.444 e. The number of unbranched alkanes of at least 4 members (excludes halogenated alkanes) is 2. The zero-order valence-corrected chi connectivity index (χ0v) is 20.7. The van der Waals surface area contributed by atoms with E-state index in [-0.39, 0.29) is 18.4 Å². The van der Waals surface area contributed by atoms with Crippen LogP contribution in [-0.4, -0.2) is 29.0 Å². The molecule has 6 nitrogen and oxygen atoms in total. The Kier molecular flexibility index (Phi) is 14.4. The summed E-state index contributed by atoms with van der Waals surface area (Å²) in [5, 5.41) is 11.3. The maximum Gasteiger partial charge on any atom is 0.410 e. The second-order valence-electron chi connectivity index (χ2n) is 8.94. The molecule has 0 aliphatic rings. The molecule has 1 aromatic carbocycles. The van der Waals surface area contributed by atoms with Gasteiger partial charge in [0.05, 0.1) is 10.5 Å². The summed E-state index contributed by atoms with van der Waals surface area (Å²) in [5.74, 6) is 0.930. The van der Waals surface area contributed by atoms with Gasteiger partial charge in [-0.2, -0.15) is 0 Å². The molecule has 1 aromatic rings. The van der Waals surface area contributed by atoms with Gasteiger partial charge in [-0.3, -0.25) is 10.1 Å². The molecule has 0 N–H and O–H groups in total. The highest BCUT2D eigenvalue weighted by atomic mass is 16.6. The van der Waals surface area contributed by atoms with E-state index in [9.17, 15) is 14.9 Å². The summed E-state index contributed by atoms with van der Waals surface area (Å²) in [5.41, 5.74) is 0.420. The predicted molar refractivity (Wildman–Crippen MR) is 131 cm³/mol. The lowest BCUT2D eigenvalue weighted by atomic mass is 9.94. The maximum absolute atomic E-state index is 13.2. The molecule has 0 aliphatic carbocycles. The Hall–Kier alpha value is -2.11. The number of carbonyl (C=O) groups excluding carboxylic acids is 1. The molecule has 182 valence electrons. The molecule has 1 rings (SSSR count).